The summed E-state index contributed by atoms with van der Waals surface area (Å²) in [7, 11) is 1.28. The highest BCUT2D eigenvalue weighted by atomic mass is 16.5. The van der Waals surface area contributed by atoms with Gasteiger partial charge in [-0.2, -0.15) is 5.10 Å². The summed E-state index contributed by atoms with van der Waals surface area (Å²) in [6.07, 6.45) is 0.889. The summed E-state index contributed by atoms with van der Waals surface area (Å²) >= 11 is 0. The van der Waals surface area contributed by atoms with E-state index in [9.17, 15) is 9.59 Å². The Hall–Kier alpha value is -2.83. The molecule has 0 atom stereocenters. The molecule has 3 N–H and O–H groups in total. The molecule has 7 heteroatoms. The SMILES string of the molecule is COC(=O)Nc1cccc(NC(=O)c2cn[nH]c2C)c1. The van der Waals surface area contributed by atoms with Gasteiger partial charge in [-0.05, 0) is 25.1 Å². The summed E-state index contributed by atoms with van der Waals surface area (Å²) in [6, 6.07) is 6.75. The minimum absolute atomic E-state index is 0.272. The number of methoxy groups -OCH3 is 1. The van der Waals surface area contributed by atoms with Gasteiger partial charge in [0.1, 0.15) is 0 Å². The lowest BCUT2D eigenvalue weighted by atomic mass is 10.2. The van der Waals surface area contributed by atoms with Crippen LogP contribution in [0.25, 0.3) is 0 Å². The third-order valence-corrected chi connectivity index (χ3v) is 2.63. The van der Waals surface area contributed by atoms with Gasteiger partial charge in [0.25, 0.3) is 5.91 Å². The second-order valence-corrected chi connectivity index (χ2v) is 4.06. The molecule has 1 aromatic heterocycles. The number of carbonyl (C=O) groups excluding carboxylic acids is 2. The number of H-pyrrole nitrogens is 1. The first-order valence-electron chi connectivity index (χ1n) is 5.86. The molecule has 0 aliphatic heterocycles. The number of carbonyl (C=O) groups is 2. The smallest absolute Gasteiger partial charge is 0.411 e. The van der Waals surface area contributed by atoms with Gasteiger partial charge in [0.15, 0.2) is 0 Å². The van der Waals surface area contributed by atoms with Crippen molar-refractivity contribution in [2.45, 2.75) is 6.92 Å². The van der Waals surface area contributed by atoms with Crippen LogP contribution in [0.4, 0.5) is 16.2 Å². The van der Waals surface area contributed by atoms with Crippen molar-refractivity contribution in [3.63, 3.8) is 0 Å². The zero-order valence-electron chi connectivity index (χ0n) is 11.1. The Morgan fingerprint density at radius 2 is 1.95 bits per heavy atom. The Morgan fingerprint density at radius 3 is 2.55 bits per heavy atom. The number of hydrogen-bond donors (Lipinski definition) is 3. The summed E-state index contributed by atoms with van der Waals surface area (Å²) in [5.74, 6) is -0.272. The van der Waals surface area contributed by atoms with Crippen LogP contribution in [0.5, 0.6) is 0 Å². The van der Waals surface area contributed by atoms with Gasteiger partial charge in [-0.15, -0.1) is 0 Å². The van der Waals surface area contributed by atoms with E-state index in [1.807, 2.05) is 0 Å². The van der Waals surface area contributed by atoms with Crippen LogP contribution >= 0.6 is 0 Å². The Labute approximate surface area is 115 Å². The zero-order valence-corrected chi connectivity index (χ0v) is 11.1. The Morgan fingerprint density at radius 1 is 1.25 bits per heavy atom. The molecule has 2 amide bonds. The second kappa shape index (κ2) is 5.87. The number of aromatic nitrogens is 2. The first kappa shape index (κ1) is 13.6. The van der Waals surface area contributed by atoms with Gasteiger partial charge in [-0.1, -0.05) is 6.07 Å². The molecule has 1 aromatic carbocycles. The number of aryl methyl sites for hydroxylation is 1. The molecule has 0 radical (unpaired) electrons. The van der Waals surface area contributed by atoms with E-state index in [0.717, 1.165) is 0 Å². The van der Waals surface area contributed by atoms with Crippen molar-refractivity contribution in [2.75, 3.05) is 17.7 Å². The fraction of sp³-hybridized carbons (Fsp3) is 0.154. The van der Waals surface area contributed by atoms with Crippen molar-refractivity contribution < 1.29 is 14.3 Å². The van der Waals surface area contributed by atoms with E-state index in [4.69, 9.17) is 0 Å². The first-order chi connectivity index (χ1) is 9.60. The van der Waals surface area contributed by atoms with Gasteiger partial charge in [-0.25, -0.2) is 4.79 Å². The van der Waals surface area contributed by atoms with Crippen molar-refractivity contribution in [1.29, 1.82) is 0 Å². The lowest BCUT2D eigenvalue weighted by Crippen LogP contribution is -2.14. The lowest BCUT2D eigenvalue weighted by molar-refractivity contribution is 0.102. The molecule has 0 aliphatic rings. The normalized spacial score (nSPS) is 9.90. The van der Waals surface area contributed by atoms with E-state index in [0.29, 0.717) is 22.6 Å². The van der Waals surface area contributed by atoms with Crippen LogP contribution in [0.2, 0.25) is 0 Å². The largest absolute Gasteiger partial charge is 0.453 e. The lowest BCUT2D eigenvalue weighted by Gasteiger charge is -2.07. The molecule has 0 bridgehead atoms. The van der Waals surface area contributed by atoms with Gasteiger partial charge in [-0.3, -0.25) is 15.2 Å². The van der Waals surface area contributed by atoms with Crippen LogP contribution in [0, 0.1) is 6.92 Å². The summed E-state index contributed by atoms with van der Waals surface area (Å²) < 4.78 is 4.50. The number of nitrogens with one attached hydrogen (secondary N) is 3. The van der Waals surface area contributed by atoms with Gasteiger partial charge >= 0.3 is 6.09 Å². The molecule has 1 heterocycles. The molecule has 0 spiro atoms. The molecule has 0 unspecified atom stereocenters. The van der Waals surface area contributed by atoms with Gasteiger partial charge in [0.2, 0.25) is 0 Å². The van der Waals surface area contributed by atoms with E-state index in [1.54, 1.807) is 31.2 Å². The van der Waals surface area contributed by atoms with E-state index in [2.05, 4.69) is 25.6 Å². The van der Waals surface area contributed by atoms with E-state index in [-0.39, 0.29) is 5.91 Å². The number of benzene rings is 1. The summed E-state index contributed by atoms with van der Waals surface area (Å²) in [6.45, 7) is 1.76. The molecular formula is C13H14N4O3. The molecule has 2 aromatic rings. The van der Waals surface area contributed by atoms with Crippen molar-refractivity contribution in [3.05, 3.63) is 41.7 Å². The van der Waals surface area contributed by atoms with Crippen LogP contribution in [-0.2, 0) is 4.74 Å². The fourth-order valence-corrected chi connectivity index (χ4v) is 1.62. The number of anilines is 2. The number of aromatic amines is 1. The summed E-state index contributed by atoms with van der Waals surface area (Å²) in [4.78, 5) is 23.1. The monoisotopic (exact) mass is 274 g/mol. The number of hydrogen-bond acceptors (Lipinski definition) is 4. The maximum absolute atomic E-state index is 12.0. The third kappa shape index (κ3) is 3.14. The third-order valence-electron chi connectivity index (χ3n) is 2.63. The van der Waals surface area contributed by atoms with E-state index >= 15 is 0 Å². The molecule has 20 heavy (non-hydrogen) atoms. The summed E-state index contributed by atoms with van der Waals surface area (Å²) in [5.41, 5.74) is 2.24. The number of ether oxygens (including phenoxy) is 1. The van der Waals surface area contributed by atoms with Gasteiger partial charge < -0.3 is 10.1 Å². The maximum Gasteiger partial charge on any atom is 0.411 e. The average molecular weight is 274 g/mol. The van der Waals surface area contributed by atoms with Crippen molar-refractivity contribution in [2.24, 2.45) is 0 Å². The predicted molar refractivity (Wildman–Crippen MR) is 73.7 cm³/mol. The Balaban J connectivity index is 2.10. The minimum Gasteiger partial charge on any atom is -0.453 e. The predicted octanol–water partition coefficient (Wildman–Crippen LogP) is 2.15. The number of amides is 2. The first-order valence-corrected chi connectivity index (χ1v) is 5.86. The second-order valence-electron chi connectivity index (χ2n) is 4.06. The van der Waals surface area contributed by atoms with Crippen LogP contribution in [-0.4, -0.2) is 29.3 Å². The van der Waals surface area contributed by atoms with E-state index in [1.165, 1.54) is 13.3 Å². The van der Waals surface area contributed by atoms with Crippen LogP contribution in [0.1, 0.15) is 16.1 Å². The zero-order chi connectivity index (χ0) is 14.5. The molecule has 0 saturated heterocycles. The molecule has 0 aliphatic carbocycles. The standard InChI is InChI=1S/C13H14N4O3/c1-8-11(7-14-17-8)12(18)15-9-4-3-5-10(6-9)16-13(19)20-2/h3-7H,1-2H3,(H,14,17)(H,15,18)(H,16,19). The van der Waals surface area contributed by atoms with Crippen LogP contribution < -0.4 is 10.6 Å². The molecular weight excluding hydrogens is 260 g/mol. The average Bonchev–Trinajstić information content (AvgIpc) is 2.85. The Kier molecular flexibility index (Phi) is 3.99. The molecule has 7 nitrogen and oxygen atoms in total. The summed E-state index contributed by atoms with van der Waals surface area (Å²) in [5, 5.41) is 11.7. The van der Waals surface area contributed by atoms with Crippen molar-refractivity contribution >= 4 is 23.4 Å². The highest BCUT2D eigenvalue weighted by molar-refractivity contribution is 6.05. The minimum atomic E-state index is -0.570. The molecule has 0 saturated carbocycles. The highest BCUT2D eigenvalue weighted by Gasteiger charge is 2.11. The maximum atomic E-state index is 12.0. The highest BCUT2D eigenvalue weighted by Crippen LogP contribution is 2.16. The van der Waals surface area contributed by atoms with Gasteiger partial charge in [0.05, 0.1) is 18.9 Å². The quantitative estimate of drug-likeness (QED) is 0.799. The van der Waals surface area contributed by atoms with Crippen LogP contribution in [0.15, 0.2) is 30.5 Å². The van der Waals surface area contributed by atoms with Crippen molar-refractivity contribution in [3.8, 4) is 0 Å². The van der Waals surface area contributed by atoms with Crippen molar-refractivity contribution in [1.82, 2.24) is 10.2 Å². The Bertz CT molecular complexity index is 636. The molecule has 0 fully saturated rings. The molecule has 104 valence electrons. The fourth-order valence-electron chi connectivity index (χ4n) is 1.62. The number of rotatable bonds is 3. The van der Waals surface area contributed by atoms with E-state index < -0.39 is 6.09 Å². The topological polar surface area (TPSA) is 96.1 Å². The molecule has 2 rings (SSSR count). The van der Waals surface area contributed by atoms with Crippen LogP contribution in [0.3, 0.4) is 0 Å². The number of nitrogens with zero attached hydrogens (tertiary/aromatic N) is 1. The van der Waals surface area contributed by atoms with Gasteiger partial charge in [0, 0.05) is 17.1 Å².